The molecule has 1 aromatic rings. The van der Waals surface area contributed by atoms with Gasteiger partial charge in [-0.25, -0.2) is 4.98 Å². The number of anilines is 2. The van der Waals surface area contributed by atoms with E-state index in [0.717, 1.165) is 37.7 Å². The first-order valence-electron chi connectivity index (χ1n) is 6.73. The number of nitrogens with one attached hydrogen (secondary N) is 1. The number of halogens is 1. The van der Waals surface area contributed by atoms with Crippen molar-refractivity contribution in [3.05, 3.63) is 17.3 Å². The van der Waals surface area contributed by atoms with Gasteiger partial charge in [0.25, 0.3) is 0 Å². The largest absolute Gasteiger partial charge is 0.380 e. The third kappa shape index (κ3) is 4.25. The molecule has 0 bridgehead atoms. The fraction of sp³-hybridized carbons (Fsp3) is 0.643. The van der Waals surface area contributed by atoms with Crippen molar-refractivity contribution >= 4 is 23.1 Å². The molecule has 0 radical (unpaired) electrons. The second-order valence-corrected chi connectivity index (χ2v) is 6.59. The minimum atomic E-state index is 0.0179. The Kier molecular flexibility index (Phi) is 4.21. The van der Waals surface area contributed by atoms with Crippen molar-refractivity contribution in [3.63, 3.8) is 0 Å². The average Bonchev–Trinajstić information content (AvgIpc) is 2.26. The standard InChI is InChI=1S/C14H23ClN4/c1-14(2,3)17-11-9-12(15)16-13(10-11)19-7-5-18(4)6-8-19/h9-10H,5-8H2,1-4H3,(H,16,17). The Bertz CT molecular complexity index is 434. The fourth-order valence-corrected chi connectivity index (χ4v) is 2.39. The molecule has 1 aliphatic rings. The van der Waals surface area contributed by atoms with Gasteiger partial charge in [-0.3, -0.25) is 0 Å². The summed E-state index contributed by atoms with van der Waals surface area (Å²) >= 11 is 6.14. The SMILES string of the molecule is CN1CCN(c2cc(NC(C)(C)C)cc(Cl)n2)CC1. The van der Waals surface area contributed by atoms with E-state index >= 15 is 0 Å². The van der Waals surface area contributed by atoms with Gasteiger partial charge in [-0.15, -0.1) is 0 Å². The second-order valence-electron chi connectivity index (χ2n) is 6.20. The van der Waals surface area contributed by atoms with Crippen molar-refractivity contribution in [2.75, 3.05) is 43.4 Å². The van der Waals surface area contributed by atoms with Crippen LogP contribution in [0.5, 0.6) is 0 Å². The van der Waals surface area contributed by atoms with Gasteiger partial charge in [0.05, 0.1) is 0 Å². The predicted molar refractivity (Wildman–Crippen MR) is 82.3 cm³/mol. The Morgan fingerprint density at radius 3 is 2.37 bits per heavy atom. The van der Waals surface area contributed by atoms with Crippen molar-refractivity contribution in [1.29, 1.82) is 0 Å². The molecule has 0 spiro atoms. The lowest BCUT2D eigenvalue weighted by Gasteiger charge is -2.33. The van der Waals surface area contributed by atoms with Crippen molar-refractivity contribution in [2.45, 2.75) is 26.3 Å². The van der Waals surface area contributed by atoms with Crippen LogP contribution in [0.25, 0.3) is 0 Å². The lowest BCUT2D eigenvalue weighted by molar-refractivity contribution is 0.312. The van der Waals surface area contributed by atoms with Crippen LogP contribution in [0, 0.1) is 0 Å². The summed E-state index contributed by atoms with van der Waals surface area (Å²) in [7, 11) is 2.15. The Labute approximate surface area is 120 Å². The molecule has 1 aliphatic heterocycles. The van der Waals surface area contributed by atoms with Crippen LogP contribution in [-0.4, -0.2) is 48.6 Å². The van der Waals surface area contributed by atoms with Gasteiger partial charge < -0.3 is 15.1 Å². The molecule has 1 fully saturated rings. The monoisotopic (exact) mass is 282 g/mol. The van der Waals surface area contributed by atoms with Crippen molar-refractivity contribution in [1.82, 2.24) is 9.88 Å². The van der Waals surface area contributed by atoms with E-state index < -0.39 is 0 Å². The molecule has 2 heterocycles. The third-order valence-corrected chi connectivity index (χ3v) is 3.32. The highest BCUT2D eigenvalue weighted by molar-refractivity contribution is 6.29. The number of hydrogen-bond acceptors (Lipinski definition) is 4. The lowest BCUT2D eigenvalue weighted by Crippen LogP contribution is -2.44. The Hall–Kier alpha value is -1.00. The molecule has 0 amide bonds. The van der Waals surface area contributed by atoms with Crippen LogP contribution < -0.4 is 10.2 Å². The van der Waals surface area contributed by atoms with Crippen LogP contribution in [-0.2, 0) is 0 Å². The van der Waals surface area contributed by atoms with Crippen molar-refractivity contribution in [3.8, 4) is 0 Å². The molecule has 0 saturated carbocycles. The van der Waals surface area contributed by atoms with E-state index in [4.69, 9.17) is 11.6 Å². The summed E-state index contributed by atoms with van der Waals surface area (Å²) in [5.41, 5.74) is 1.05. The van der Waals surface area contributed by atoms with E-state index in [1.165, 1.54) is 0 Å². The zero-order valence-corrected chi connectivity index (χ0v) is 13.0. The first-order chi connectivity index (χ1) is 8.83. The summed E-state index contributed by atoms with van der Waals surface area (Å²) in [4.78, 5) is 9.07. The molecule has 1 N–H and O–H groups in total. The quantitative estimate of drug-likeness (QED) is 0.845. The highest BCUT2D eigenvalue weighted by Crippen LogP contribution is 2.24. The first-order valence-corrected chi connectivity index (χ1v) is 7.10. The van der Waals surface area contributed by atoms with E-state index in [0.29, 0.717) is 5.15 Å². The topological polar surface area (TPSA) is 31.4 Å². The first kappa shape index (κ1) is 14.4. The maximum atomic E-state index is 6.14. The Morgan fingerprint density at radius 2 is 1.79 bits per heavy atom. The van der Waals surface area contributed by atoms with Crippen LogP contribution in [0.1, 0.15) is 20.8 Å². The van der Waals surface area contributed by atoms with E-state index in [-0.39, 0.29) is 5.54 Å². The van der Waals surface area contributed by atoms with Gasteiger partial charge in [0.1, 0.15) is 11.0 Å². The predicted octanol–water partition coefficient (Wildman–Crippen LogP) is 2.70. The minimum Gasteiger partial charge on any atom is -0.380 e. The molecule has 0 aromatic carbocycles. The van der Waals surface area contributed by atoms with Crippen LogP contribution in [0.4, 0.5) is 11.5 Å². The molecule has 0 aliphatic carbocycles. The van der Waals surface area contributed by atoms with Crippen LogP contribution in [0.15, 0.2) is 12.1 Å². The molecule has 1 saturated heterocycles. The van der Waals surface area contributed by atoms with Crippen molar-refractivity contribution < 1.29 is 0 Å². The summed E-state index contributed by atoms with van der Waals surface area (Å²) in [5.74, 6) is 0.965. The molecule has 0 unspecified atom stereocenters. The summed E-state index contributed by atoms with van der Waals surface area (Å²) in [6.45, 7) is 10.5. The smallest absolute Gasteiger partial charge is 0.133 e. The highest BCUT2D eigenvalue weighted by Gasteiger charge is 2.17. The van der Waals surface area contributed by atoms with E-state index in [9.17, 15) is 0 Å². The summed E-state index contributed by atoms with van der Waals surface area (Å²) < 4.78 is 0. The molecular weight excluding hydrogens is 260 g/mol. The number of rotatable bonds is 2. The van der Waals surface area contributed by atoms with Gasteiger partial charge in [-0.2, -0.15) is 0 Å². The second kappa shape index (κ2) is 5.55. The van der Waals surface area contributed by atoms with E-state index in [1.807, 2.05) is 6.07 Å². The number of likely N-dealkylation sites (N-methyl/N-ethyl adjacent to an activating group) is 1. The molecular formula is C14H23ClN4. The van der Waals surface area contributed by atoms with Gasteiger partial charge >= 0.3 is 0 Å². The van der Waals surface area contributed by atoms with Gasteiger partial charge in [-0.05, 0) is 33.9 Å². The Balaban J connectivity index is 2.17. The van der Waals surface area contributed by atoms with E-state index in [1.54, 1.807) is 0 Å². The molecule has 2 rings (SSSR count). The van der Waals surface area contributed by atoms with Crippen LogP contribution >= 0.6 is 11.6 Å². The molecule has 106 valence electrons. The zero-order chi connectivity index (χ0) is 14.0. The number of hydrogen-bond donors (Lipinski definition) is 1. The lowest BCUT2D eigenvalue weighted by atomic mass is 10.1. The zero-order valence-electron chi connectivity index (χ0n) is 12.2. The third-order valence-electron chi connectivity index (χ3n) is 3.13. The maximum Gasteiger partial charge on any atom is 0.133 e. The Morgan fingerprint density at radius 1 is 1.16 bits per heavy atom. The summed E-state index contributed by atoms with van der Waals surface area (Å²) in [6, 6.07) is 3.97. The number of aromatic nitrogens is 1. The van der Waals surface area contributed by atoms with Gasteiger partial charge in [0.15, 0.2) is 0 Å². The fourth-order valence-electron chi connectivity index (χ4n) is 2.19. The highest BCUT2D eigenvalue weighted by atomic mass is 35.5. The molecule has 19 heavy (non-hydrogen) atoms. The summed E-state index contributed by atoms with van der Waals surface area (Å²) in [5, 5.41) is 3.99. The van der Waals surface area contributed by atoms with Crippen LogP contribution in [0.2, 0.25) is 5.15 Å². The normalized spacial score (nSPS) is 17.6. The van der Waals surface area contributed by atoms with Gasteiger partial charge in [0, 0.05) is 43.5 Å². The summed E-state index contributed by atoms with van der Waals surface area (Å²) in [6.07, 6.45) is 0. The van der Waals surface area contributed by atoms with Gasteiger partial charge in [0.2, 0.25) is 0 Å². The van der Waals surface area contributed by atoms with Crippen LogP contribution in [0.3, 0.4) is 0 Å². The minimum absolute atomic E-state index is 0.0179. The average molecular weight is 283 g/mol. The van der Waals surface area contributed by atoms with Crippen molar-refractivity contribution in [2.24, 2.45) is 0 Å². The maximum absolute atomic E-state index is 6.14. The number of pyridine rings is 1. The van der Waals surface area contributed by atoms with Gasteiger partial charge in [-0.1, -0.05) is 11.6 Å². The molecule has 1 aromatic heterocycles. The van der Waals surface area contributed by atoms with E-state index in [2.05, 4.69) is 54.0 Å². The molecule has 4 nitrogen and oxygen atoms in total. The number of nitrogens with zero attached hydrogens (tertiary/aromatic N) is 3. The molecule has 0 atom stereocenters. The molecule has 5 heteroatoms. The number of piperazine rings is 1.